The average molecular weight is 209 g/mol. The van der Waals surface area contributed by atoms with Gasteiger partial charge < -0.3 is 10.2 Å². The molecule has 1 atom stereocenters. The number of carbonyl (C=O) groups is 2. The molecule has 0 aromatic carbocycles. The molecule has 2 amide bonds. The van der Waals surface area contributed by atoms with Gasteiger partial charge in [-0.05, 0) is 6.42 Å². The second-order valence-electron chi connectivity index (χ2n) is 3.62. The van der Waals surface area contributed by atoms with E-state index in [0.717, 1.165) is 6.42 Å². The van der Waals surface area contributed by atoms with Crippen LogP contribution < -0.4 is 5.32 Å². The third kappa shape index (κ3) is 2.94. The number of nitriles is 1. The van der Waals surface area contributed by atoms with Crippen LogP contribution in [0.25, 0.3) is 0 Å². The average Bonchev–Trinajstić information content (AvgIpc) is 2.58. The summed E-state index contributed by atoms with van der Waals surface area (Å²) in [5, 5.41) is 10.8. The lowest BCUT2D eigenvalue weighted by Gasteiger charge is -2.14. The lowest BCUT2D eigenvalue weighted by atomic mass is 10.1. The van der Waals surface area contributed by atoms with Crippen LogP contribution in [0.4, 0.5) is 0 Å². The van der Waals surface area contributed by atoms with Crippen molar-refractivity contribution in [1.29, 1.82) is 5.26 Å². The molecule has 5 nitrogen and oxygen atoms in total. The lowest BCUT2D eigenvalue weighted by Crippen LogP contribution is -2.33. The van der Waals surface area contributed by atoms with Crippen LogP contribution in [0.5, 0.6) is 0 Å². The number of hydrogen-bond donors (Lipinski definition) is 1. The predicted octanol–water partition coefficient (Wildman–Crippen LogP) is -0.115. The first-order chi connectivity index (χ1) is 7.19. The minimum Gasteiger partial charge on any atom is -0.343 e. The third-order valence-corrected chi connectivity index (χ3v) is 2.42. The summed E-state index contributed by atoms with van der Waals surface area (Å²) in [5.74, 6) is -0.435. The van der Waals surface area contributed by atoms with Crippen LogP contribution in [0.1, 0.15) is 19.8 Å². The Labute approximate surface area is 89.0 Å². The Morgan fingerprint density at radius 3 is 3.07 bits per heavy atom. The molecule has 0 bridgehead atoms. The molecule has 0 aliphatic carbocycles. The summed E-state index contributed by atoms with van der Waals surface area (Å²) in [7, 11) is 0. The highest BCUT2D eigenvalue weighted by molar-refractivity contribution is 5.89. The van der Waals surface area contributed by atoms with Gasteiger partial charge in [-0.1, -0.05) is 6.92 Å². The molecule has 0 unspecified atom stereocenters. The van der Waals surface area contributed by atoms with Crippen molar-refractivity contribution >= 4 is 11.8 Å². The van der Waals surface area contributed by atoms with Gasteiger partial charge in [-0.15, -0.1) is 0 Å². The van der Waals surface area contributed by atoms with Crippen LogP contribution >= 0.6 is 0 Å². The van der Waals surface area contributed by atoms with Crippen molar-refractivity contribution in [2.75, 3.05) is 19.6 Å². The van der Waals surface area contributed by atoms with Crippen molar-refractivity contribution in [3.8, 4) is 6.07 Å². The van der Waals surface area contributed by atoms with Gasteiger partial charge in [0.1, 0.15) is 6.54 Å². The quantitative estimate of drug-likeness (QED) is 0.656. The maximum Gasteiger partial charge on any atom is 0.226 e. The Kier molecular flexibility index (Phi) is 4.10. The van der Waals surface area contributed by atoms with E-state index in [1.165, 1.54) is 0 Å². The summed E-state index contributed by atoms with van der Waals surface area (Å²) >= 11 is 0. The highest BCUT2D eigenvalue weighted by atomic mass is 16.2. The Morgan fingerprint density at radius 2 is 2.47 bits per heavy atom. The highest BCUT2D eigenvalue weighted by Gasteiger charge is 2.33. The summed E-state index contributed by atoms with van der Waals surface area (Å²) in [6, 6.07) is 1.84. The van der Waals surface area contributed by atoms with E-state index < -0.39 is 0 Å². The van der Waals surface area contributed by atoms with Crippen LogP contribution in [0.2, 0.25) is 0 Å². The molecule has 1 rings (SSSR count). The number of carbonyl (C=O) groups excluding carboxylic acids is 2. The standard InChI is InChI=1S/C10H15N3O2/c1-2-5-13-7-8(6-9(13)14)10(15)12-4-3-11/h8H,2,4-7H2,1H3,(H,12,15)/t8-/m0/s1. The molecule has 0 aromatic heterocycles. The minimum atomic E-state index is -0.280. The van der Waals surface area contributed by atoms with Gasteiger partial charge in [-0.3, -0.25) is 9.59 Å². The fraction of sp³-hybridized carbons (Fsp3) is 0.700. The summed E-state index contributed by atoms with van der Waals surface area (Å²) in [4.78, 5) is 24.6. The number of nitrogens with zero attached hydrogens (tertiary/aromatic N) is 2. The zero-order chi connectivity index (χ0) is 11.3. The van der Waals surface area contributed by atoms with Gasteiger partial charge in [0, 0.05) is 19.5 Å². The van der Waals surface area contributed by atoms with Crippen molar-refractivity contribution in [1.82, 2.24) is 10.2 Å². The summed E-state index contributed by atoms with van der Waals surface area (Å²) in [6.07, 6.45) is 1.18. The van der Waals surface area contributed by atoms with Gasteiger partial charge in [-0.25, -0.2) is 0 Å². The van der Waals surface area contributed by atoms with Crippen molar-refractivity contribution < 1.29 is 9.59 Å². The van der Waals surface area contributed by atoms with Gasteiger partial charge in [0.15, 0.2) is 0 Å². The molecule has 0 spiro atoms. The minimum absolute atomic E-state index is 0.0112. The number of nitrogens with one attached hydrogen (secondary N) is 1. The number of rotatable bonds is 4. The fourth-order valence-electron chi connectivity index (χ4n) is 1.70. The summed E-state index contributed by atoms with van der Waals surface area (Å²) in [6.45, 7) is 3.21. The Balaban J connectivity index is 2.44. The van der Waals surface area contributed by atoms with Crippen LogP contribution in [0, 0.1) is 17.2 Å². The monoisotopic (exact) mass is 209 g/mol. The molecule has 0 saturated carbocycles. The van der Waals surface area contributed by atoms with E-state index >= 15 is 0 Å². The van der Waals surface area contributed by atoms with Gasteiger partial charge in [0.05, 0.1) is 12.0 Å². The molecule has 1 aliphatic rings. The molecule has 0 radical (unpaired) electrons. The molecule has 5 heteroatoms. The normalized spacial score (nSPS) is 20.1. The molecule has 1 saturated heterocycles. The van der Waals surface area contributed by atoms with Crippen molar-refractivity contribution in [2.24, 2.45) is 5.92 Å². The fourth-order valence-corrected chi connectivity index (χ4v) is 1.70. The van der Waals surface area contributed by atoms with Crippen LogP contribution in [0.3, 0.4) is 0 Å². The van der Waals surface area contributed by atoms with Gasteiger partial charge in [0.2, 0.25) is 11.8 Å². The van der Waals surface area contributed by atoms with Gasteiger partial charge in [0.25, 0.3) is 0 Å². The first kappa shape index (κ1) is 11.5. The van der Waals surface area contributed by atoms with Gasteiger partial charge in [-0.2, -0.15) is 5.26 Å². The second-order valence-corrected chi connectivity index (χ2v) is 3.62. The van der Waals surface area contributed by atoms with E-state index in [0.29, 0.717) is 13.1 Å². The Morgan fingerprint density at radius 1 is 1.73 bits per heavy atom. The molecule has 1 fully saturated rings. The van der Waals surface area contributed by atoms with E-state index in [-0.39, 0.29) is 30.7 Å². The molecule has 1 heterocycles. The maximum absolute atomic E-state index is 11.5. The predicted molar refractivity (Wildman–Crippen MR) is 53.6 cm³/mol. The van der Waals surface area contributed by atoms with Crippen molar-refractivity contribution in [2.45, 2.75) is 19.8 Å². The second kappa shape index (κ2) is 5.35. The zero-order valence-corrected chi connectivity index (χ0v) is 8.82. The molecule has 1 N–H and O–H groups in total. The maximum atomic E-state index is 11.5. The highest BCUT2D eigenvalue weighted by Crippen LogP contribution is 2.17. The van der Waals surface area contributed by atoms with E-state index in [9.17, 15) is 9.59 Å². The number of amides is 2. The molecular formula is C10H15N3O2. The Bertz CT molecular complexity index is 296. The van der Waals surface area contributed by atoms with Crippen LogP contribution in [-0.4, -0.2) is 36.3 Å². The first-order valence-electron chi connectivity index (χ1n) is 5.11. The Hall–Kier alpha value is -1.57. The number of likely N-dealkylation sites (tertiary alicyclic amines) is 1. The topological polar surface area (TPSA) is 73.2 Å². The van der Waals surface area contributed by atoms with Crippen LogP contribution in [0.15, 0.2) is 0 Å². The molecule has 82 valence electrons. The lowest BCUT2D eigenvalue weighted by molar-refractivity contribution is -0.128. The molecule has 15 heavy (non-hydrogen) atoms. The first-order valence-corrected chi connectivity index (χ1v) is 5.11. The molecule has 1 aliphatic heterocycles. The largest absolute Gasteiger partial charge is 0.343 e. The van der Waals surface area contributed by atoms with E-state index in [2.05, 4.69) is 5.32 Å². The number of hydrogen-bond acceptors (Lipinski definition) is 3. The smallest absolute Gasteiger partial charge is 0.226 e. The van der Waals surface area contributed by atoms with Crippen LogP contribution in [-0.2, 0) is 9.59 Å². The van der Waals surface area contributed by atoms with Crippen molar-refractivity contribution in [3.63, 3.8) is 0 Å². The molecule has 0 aromatic rings. The van der Waals surface area contributed by atoms with Crippen molar-refractivity contribution in [3.05, 3.63) is 0 Å². The third-order valence-electron chi connectivity index (χ3n) is 2.42. The van der Waals surface area contributed by atoms with E-state index in [4.69, 9.17) is 5.26 Å². The van der Waals surface area contributed by atoms with E-state index in [1.54, 1.807) is 4.90 Å². The molecular weight excluding hydrogens is 194 g/mol. The van der Waals surface area contributed by atoms with E-state index in [1.807, 2.05) is 13.0 Å². The SMILES string of the molecule is CCCN1C[C@@H](C(=O)NCC#N)CC1=O. The summed E-state index contributed by atoms with van der Waals surface area (Å²) in [5.41, 5.74) is 0. The van der Waals surface area contributed by atoms with Gasteiger partial charge >= 0.3 is 0 Å². The summed E-state index contributed by atoms with van der Waals surface area (Å²) < 4.78 is 0. The zero-order valence-electron chi connectivity index (χ0n) is 8.82.